The van der Waals surface area contributed by atoms with Gasteiger partial charge in [0.05, 0.1) is 12.0 Å². The molecule has 0 bridgehead atoms. The van der Waals surface area contributed by atoms with Crippen molar-refractivity contribution in [1.29, 1.82) is 0 Å². The summed E-state index contributed by atoms with van der Waals surface area (Å²) in [6.07, 6.45) is 20.6. The summed E-state index contributed by atoms with van der Waals surface area (Å²) in [5.74, 6) is 0.782. The molecule has 23 heavy (non-hydrogen) atoms. The average Bonchev–Trinajstić information content (AvgIpc) is 2.53. The second kappa shape index (κ2) is 19.7. The van der Waals surface area contributed by atoms with Gasteiger partial charge < -0.3 is 9.29 Å². The normalized spacial score (nSPS) is 10.8. The SMILES string of the molecule is CCCCCCCCCCCCCCCCCCSOC(=O)O. The van der Waals surface area contributed by atoms with E-state index in [1.54, 1.807) is 0 Å². The van der Waals surface area contributed by atoms with Crippen LogP contribution in [0.4, 0.5) is 4.79 Å². The van der Waals surface area contributed by atoms with Crippen molar-refractivity contribution in [2.24, 2.45) is 0 Å². The van der Waals surface area contributed by atoms with E-state index in [2.05, 4.69) is 11.1 Å². The number of carbonyl (C=O) groups is 1. The molecule has 0 saturated heterocycles. The van der Waals surface area contributed by atoms with Gasteiger partial charge in [0.25, 0.3) is 0 Å². The Bertz CT molecular complexity index is 247. The molecule has 0 unspecified atom stereocenters. The minimum absolute atomic E-state index is 0.782. The van der Waals surface area contributed by atoms with Crippen LogP contribution in [0, 0.1) is 0 Å². The van der Waals surface area contributed by atoms with Crippen molar-refractivity contribution >= 4 is 18.2 Å². The first kappa shape index (κ1) is 22.6. The summed E-state index contributed by atoms with van der Waals surface area (Å²) in [6.45, 7) is 2.27. The molecule has 0 aliphatic heterocycles. The van der Waals surface area contributed by atoms with Gasteiger partial charge in [0, 0.05) is 5.75 Å². The Kier molecular flexibility index (Phi) is 19.3. The average molecular weight is 347 g/mol. The summed E-state index contributed by atoms with van der Waals surface area (Å²) in [4.78, 5) is 10.1. The third kappa shape index (κ3) is 21.6. The molecule has 0 radical (unpaired) electrons. The highest BCUT2D eigenvalue weighted by molar-refractivity contribution is 7.95. The third-order valence-electron chi connectivity index (χ3n) is 4.21. The van der Waals surface area contributed by atoms with E-state index in [-0.39, 0.29) is 0 Å². The molecule has 0 aliphatic carbocycles. The molecule has 0 saturated carbocycles. The lowest BCUT2D eigenvalue weighted by molar-refractivity contribution is 0.153. The summed E-state index contributed by atoms with van der Waals surface area (Å²) < 4.78 is 4.40. The van der Waals surface area contributed by atoms with Crippen LogP contribution in [-0.2, 0) is 4.18 Å². The van der Waals surface area contributed by atoms with Gasteiger partial charge in [-0.2, -0.15) is 0 Å². The van der Waals surface area contributed by atoms with E-state index in [0.29, 0.717) is 0 Å². The van der Waals surface area contributed by atoms with Crippen LogP contribution < -0.4 is 0 Å². The van der Waals surface area contributed by atoms with Crippen molar-refractivity contribution in [3.63, 3.8) is 0 Å². The van der Waals surface area contributed by atoms with E-state index in [1.807, 2.05) is 0 Å². The van der Waals surface area contributed by atoms with Crippen molar-refractivity contribution in [1.82, 2.24) is 0 Å². The van der Waals surface area contributed by atoms with E-state index in [9.17, 15) is 4.79 Å². The second-order valence-electron chi connectivity index (χ2n) is 6.47. The van der Waals surface area contributed by atoms with Crippen molar-refractivity contribution in [2.75, 3.05) is 5.75 Å². The van der Waals surface area contributed by atoms with Crippen molar-refractivity contribution in [3.05, 3.63) is 0 Å². The lowest BCUT2D eigenvalue weighted by Crippen LogP contribution is -1.93. The van der Waals surface area contributed by atoms with Crippen molar-refractivity contribution in [3.8, 4) is 0 Å². The van der Waals surface area contributed by atoms with Crippen LogP contribution in [0.3, 0.4) is 0 Å². The number of hydrogen-bond donors (Lipinski definition) is 1. The minimum Gasteiger partial charge on any atom is -0.449 e. The van der Waals surface area contributed by atoms with Crippen LogP contribution in [0.5, 0.6) is 0 Å². The number of hydrogen-bond acceptors (Lipinski definition) is 3. The lowest BCUT2D eigenvalue weighted by atomic mass is 10.0. The highest BCUT2D eigenvalue weighted by Crippen LogP contribution is 2.14. The highest BCUT2D eigenvalue weighted by atomic mass is 32.2. The molecular formula is C19H38O3S. The molecule has 0 spiro atoms. The Hall–Kier alpha value is -0.380. The van der Waals surface area contributed by atoms with Gasteiger partial charge in [0.15, 0.2) is 0 Å². The summed E-state index contributed by atoms with van der Waals surface area (Å²) >= 11 is 1.05. The molecule has 0 atom stereocenters. The van der Waals surface area contributed by atoms with Gasteiger partial charge >= 0.3 is 6.16 Å². The Morgan fingerprint density at radius 1 is 0.696 bits per heavy atom. The van der Waals surface area contributed by atoms with Gasteiger partial charge in [-0.25, -0.2) is 4.79 Å². The number of carboxylic acid groups (broad SMARTS) is 1. The summed E-state index contributed by atoms with van der Waals surface area (Å²) in [5, 5.41) is 8.31. The summed E-state index contributed by atoms with van der Waals surface area (Å²) in [6, 6.07) is 0. The number of rotatable bonds is 18. The van der Waals surface area contributed by atoms with Gasteiger partial charge in [-0.3, -0.25) is 0 Å². The van der Waals surface area contributed by atoms with Crippen molar-refractivity contribution in [2.45, 2.75) is 110 Å². The zero-order chi connectivity index (χ0) is 17.0. The van der Waals surface area contributed by atoms with Crippen LogP contribution in [0.1, 0.15) is 110 Å². The van der Waals surface area contributed by atoms with Gasteiger partial charge in [0.2, 0.25) is 0 Å². The quantitative estimate of drug-likeness (QED) is 0.205. The smallest absolute Gasteiger partial charge is 0.449 e. The first-order chi connectivity index (χ1) is 11.3. The van der Waals surface area contributed by atoms with Crippen LogP contribution in [0.25, 0.3) is 0 Å². The largest absolute Gasteiger partial charge is 0.518 e. The van der Waals surface area contributed by atoms with E-state index in [4.69, 9.17) is 5.11 Å². The maximum Gasteiger partial charge on any atom is 0.518 e. The molecule has 0 aliphatic rings. The summed E-state index contributed by atoms with van der Waals surface area (Å²) in [7, 11) is 0. The van der Waals surface area contributed by atoms with Gasteiger partial charge in [-0.05, 0) is 6.42 Å². The lowest BCUT2D eigenvalue weighted by Gasteiger charge is -2.03. The maximum atomic E-state index is 10.1. The Labute approximate surface area is 148 Å². The molecule has 0 aromatic heterocycles. The predicted octanol–water partition coefficient (Wildman–Crippen LogP) is 7.59. The third-order valence-corrected chi connectivity index (χ3v) is 4.93. The van der Waals surface area contributed by atoms with Crippen molar-refractivity contribution < 1.29 is 14.1 Å². The van der Waals surface area contributed by atoms with Gasteiger partial charge in [-0.1, -0.05) is 103 Å². The first-order valence-electron chi connectivity index (χ1n) is 9.79. The summed E-state index contributed by atoms with van der Waals surface area (Å²) in [5.41, 5.74) is 0. The van der Waals surface area contributed by atoms with Crippen LogP contribution in [-0.4, -0.2) is 17.0 Å². The minimum atomic E-state index is -1.19. The molecule has 0 heterocycles. The molecule has 0 aromatic rings. The Morgan fingerprint density at radius 3 is 1.39 bits per heavy atom. The molecule has 0 rings (SSSR count). The topological polar surface area (TPSA) is 46.5 Å². The number of unbranched alkanes of at least 4 members (excludes halogenated alkanes) is 15. The van der Waals surface area contributed by atoms with E-state index in [0.717, 1.165) is 24.2 Å². The zero-order valence-electron chi connectivity index (χ0n) is 15.2. The van der Waals surface area contributed by atoms with E-state index >= 15 is 0 Å². The molecule has 3 nitrogen and oxygen atoms in total. The molecule has 0 aromatic carbocycles. The van der Waals surface area contributed by atoms with E-state index in [1.165, 1.54) is 96.3 Å². The van der Waals surface area contributed by atoms with Gasteiger partial charge in [0.1, 0.15) is 0 Å². The molecule has 0 amide bonds. The monoisotopic (exact) mass is 346 g/mol. The Balaban J connectivity index is 2.96. The fourth-order valence-electron chi connectivity index (χ4n) is 2.80. The fraction of sp³-hybridized carbons (Fsp3) is 0.947. The van der Waals surface area contributed by atoms with E-state index < -0.39 is 6.16 Å². The highest BCUT2D eigenvalue weighted by Gasteiger charge is 1.98. The van der Waals surface area contributed by atoms with Crippen LogP contribution in [0.15, 0.2) is 0 Å². The molecule has 1 N–H and O–H groups in total. The standard InChI is InChI=1S/C19H38O3S/c1-2-3-4-5-6-7-8-9-10-11-12-13-14-15-16-17-18-23-22-19(20)21/h2-18H2,1H3,(H,20,21). The first-order valence-corrected chi connectivity index (χ1v) is 10.7. The zero-order valence-corrected chi connectivity index (χ0v) is 16.0. The Morgan fingerprint density at radius 2 is 1.04 bits per heavy atom. The second-order valence-corrected chi connectivity index (χ2v) is 7.29. The van der Waals surface area contributed by atoms with Crippen LogP contribution >= 0.6 is 12.0 Å². The fourth-order valence-corrected chi connectivity index (χ4v) is 3.31. The molecule has 4 heteroatoms. The molecular weight excluding hydrogens is 308 g/mol. The maximum absolute atomic E-state index is 10.1. The molecule has 0 fully saturated rings. The predicted molar refractivity (Wildman–Crippen MR) is 101 cm³/mol. The van der Waals surface area contributed by atoms with Gasteiger partial charge in [-0.15, -0.1) is 0 Å². The van der Waals surface area contributed by atoms with Crippen LogP contribution in [0.2, 0.25) is 0 Å². The molecule has 138 valence electrons.